The van der Waals surface area contributed by atoms with Gasteiger partial charge in [0.1, 0.15) is 0 Å². The van der Waals surface area contributed by atoms with E-state index in [1.807, 2.05) is 18.2 Å². The van der Waals surface area contributed by atoms with Crippen molar-refractivity contribution in [1.29, 1.82) is 0 Å². The third kappa shape index (κ3) is 5.86. The Morgan fingerprint density at radius 3 is 1.09 bits per heavy atom. The molecule has 3 nitrogen and oxygen atoms in total. The molecule has 55 heavy (non-hydrogen) atoms. The molecule has 0 spiro atoms. The average molecular weight is 710 g/mol. The van der Waals surface area contributed by atoms with E-state index >= 15 is 0 Å². The Morgan fingerprint density at radius 2 is 0.709 bits per heavy atom. The minimum atomic E-state index is -0.227. The van der Waals surface area contributed by atoms with E-state index in [4.69, 9.17) is 0 Å². The number of unbranched alkanes of at least 4 members (excludes halogenated alkanes) is 1. The van der Waals surface area contributed by atoms with Crippen molar-refractivity contribution in [2.24, 2.45) is 0 Å². The zero-order valence-electron chi connectivity index (χ0n) is 30.7. The number of hydrogen-bond donors (Lipinski definition) is 0. The minimum absolute atomic E-state index is 0.227. The van der Waals surface area contributed by atoms with Gasteiger partial charge in [0.25, 0.3) is 11.8 Å². The van der Waals surface area contributed by atoms with Gasteiger partial charge in [-0.05, 0) is 90.7 Å². The van der Waals surface area contributed by atoms with Gasteiger partial charge in [0, 0.05) is 23.1 Å². The fourth-order valence-corrected chi connectivity index (χ4v) is 8.37. The number of carbonyl (C=O) groups excluding carboxylic acids is 2. The summed E-state index contributed by atoms with van der Waals surface area (Å²) in [7, 11) is 0. The zero-order valence-corrected chi connectivity index (χ0v) is 30.7. The first-order chi connectivity index (χ1) is 27.2. The van der Waals surface area contributed by atoms with Crippen molar-refractivity contribution >= 4 is 22.6 Å². The van der Waals surface area contributed by atoms with Crippen molar-refractivity contribution in [2.75, 3.05) is 6.54 Å². The third-order valence-electron chi connectivity index (χ3n) is 10.8. The van der Waals surface area contributed by atoms with Gasteiger partial charge in [0.05, 0.1) is 0 Å². The highest BCUT2D eigenvalue weighted by Gasteiger charge is 2.35. The second kappa shape index (κ2) is 14.5. The van der Waals surface area contributed by atoms with E-state index in [9.17, 15) is 9.59 Å². The monoisotopic (exact) mass is 709 g/mol. The molecule has 0 aromatic heterocycles. The summed E-state index contributed by atoms with van der Waals surface area (Å²) in [6.45, 7) is 2.48. The Hall–Kier alpha value is -6.84. The Balaban J connectivity index is 1.53. The second-order valence-electron chi connectivity index (χ2n) is 14.1. The summed E-state index contributed by atoms with van der Waals surface area (Å²) in [6.07, 6.45) is 1.66. The average Bonchev–Trinajstić information content (AvgIpc) is 3.26. The van der Waals surface area contributed by atoms with Gasteiger partial charge in [-0.1, -0.05) is 183 Å². The van der Waals surface area contributed by atoms with Crippen LogP contribution in [0, 0.1) is 0 Å². The summed E-state index contributed by atoms with van der Waals surface area (Å²) in [5.74, 6) is -0.454. The summed E-state index contributed by atoms with van der Waals surface area (Å²) in [4.78, 5) is 29.7. The van der Waals surface area contributed by atoms with E-state index in [0.29, 0.717) is 17.7 Å². The Labute approximate surface area is 322 Å². The van der Waals surface area contributed by atoms with Gasteiger partial charge in [-0.2, -0.15) is 0 Å². The fourth-order valence-electron chi connectivity index (χ4n) is 8.37. The number of carbonyl (C=O) groups is 2. The molecule has 1 aliphatic rings. The molecule has 9 rings (SSSR count). The molecule has 0 unspecified atom stereocenters. The van der Waals surface area contributed by atoms with Crippen molar-refractivity contribution < 1.29 is 9.59 Å². The third-order valence-corrected chi connectivity index (χ3v) is 10.8. The first-order valence-electron chi connectivity index (χ1n) is 19.1. The molecule has 0 fully saturated rings. The number of imide groups is 1. The molecule has 1 heterocycles. The van der Waals surface area contributed by atoms with Crippen LogP contribution in [0.5, 0.6) is 0 Å². The van der Waals surface area contributed by atoms with E-state index in [2.05, 4.69) is 171 Å². The number of nitrogens with zero attached hydrogens (tertiary/aromatic N) is 1. The lowest BCUT2D eigenvalue weighted by molar-refractivity contribution is 0.0608. The molecular weight excluding hydrogens is 671 g/mol. The van der Waals surface area contributed by atoms with E-state index in [1.54, 1.807) is 0 Å². The Kier molecular flexibility index (Phi) is 8.97. The molecule has 8 aromatic rings. The van der Waals surface area contributed by atoms with Gasteiger partial charge in [-0.3, -0.25) is 14.5 Å². The van der Waals surface area contributed by atoms with Crippen LogP contribution >= 0.6 is 0 Å². The summed E-state index contributed by atoms with van der Waals surface area (Å²) in [6, 6.07) is 63.4. The molecular formula is C52H39NO2. The predicted octanol–water partition coefficient (Wildman–Crippen LogP) is 13.2. The zero-order chi connectivity index (χ0) is 37.3. The molecule has 3 heteroatoms. The van der Waals surface area contributed by atoms with Gasteiger partial charge in [-0.25, -0.2) is 0 Å². The minimum Gasteiger partial charge on any atom is -0.274 e. The molecule has 0 atom stereocenters. The molecule has 0 saturated carbocycles. The Morgan fingerprint density at radius 1 is 0.364 bits per heavy atom. The van der Waals surface area contributed by atoms with Crippen LogP contribution in [0.3, 0.4) is 0 Å². The standard InChI is InChI=1S/C52H39NO2/c1-2-3-34-53-51(54)42-31-19-30-40-41(32-33-43(49(40)42)52(53)55)50-47(38-26-15-7-16-27-38)45(36-22-11-5-12-23-36)44(35-20-9-4-10-21-35)46(37-24-13-6-14-25-37)48(50)39-28-17-8-18-29-39/h4-33H,2-3,34H2,1H3. The van der Waals surface area contributed by atoms with E-state index < -0.39 is 0 Å². The maximum atomic E-state index is 14.1. The van der Waals surface area contributed by atoms with Crippen LogP contribution in [-0.4, -0.2) is 23.3 Å². The van der Waals surface area contributed by atoms with Crippen molar-refractivity contribution in [3.63, 3.8) is 0 Å². The molecule has 1 aliphatic heterocycles. The van der Waals surface area contributed by atoms with Gasteiger partial charge in [-0.15, -0.1) is 0 Å². The molecule has 0 bridgehead atoms. The fraction of sp³-hybridized carbons (Fsp3) is 0.0769. The normalized spacial score (nSPS) is 12.3. The molecule has 264 valence electrons. The first kappa shape index (κ1) is 34.0. The van der Waals surface area contributed by atoms with Crippen LogP contribution in [0.25, 0.3) is 77.5 Å². The quantitative estimate of drug-likeness (QED) is 0.140. The van der Waals surface area contributed by atoms with Crippen LogP contribution in [0.4, 0.5) is 0 Å². The lowest BCUT2D eigenvalue weighted by atomic mass is 9.73. The second-order valence-corrected chi connectivity index (χ2v) is 14.1. The lowest BCUT2D eigenvalue weighted by Crippen LogP contribution is -2.40. The van der Waals surface area contributed by atoms with Gasteiger partial charge in [0.15, 0.2) is 0 Å². The molecule has 0 N–H and O–H groups in total. The van der Waals surface area contributed by atoms with Gasteiger partial charge in [0.2, 0.25) is 0 Å². The molecule has 8 aromatic carbocycles. The van der Waals surface area contributed by atoms with Gasteiger partial charge < -0.3 is 0 Å². The first-order valence-corrected chi connectivity index (χ1v) is 19.1. The highest BCUT2D eigenvalue weighted by molar-refractivity contribution is 6.28. The predicted molar refractivity (Wildman–Crippen MR) is 227 cm³/mol. The number of benzene rings is 8. The molecule has 0 aliphatic carbocycles. The molecule has 0 radical (unpaired) electrons. The number of amides is 2. The summed E-state index contributed by atoms with van der Waals surface area (Å²) < 4.78 is 0. The van der Waals surface area contributed by atoms with Crippen molar-refractivity contribution in [2.45, 2.75) is 19.8 Å². The summed E-state index contributed by atoms with van der Waals surface area (Å²) in [5, 5.41) is 1.60. The van der Waals surface area contributed by atoms with Crippen LogP contribution in [-0.2, 0) is 0 Å². The topological polar surface area (TPSA) is 37.4 Å². The SMILES string of the molecule is CCCCN1C(=O)c2cccc3c(-c4c(-c5ccccc5)c(-c5ccccc5)c(-c5ccccc5)c(-c5ccccc5)c4-c4ccccc4)ccc(c23)C1=O. The van der Waals surface area contributed by atoms with Gasteiger partial charge >= 0.3 is 0 Å². The maximum Gasteiger partial charge on any atom is 0.261 e. The largest absolute Gasteiger partial charge is 0.274 e. The number of hydrogen-bond acceptors (Lipinski definition) is 2. The van der Waals surface area contributed by atoms with Crippen molar-refractivity contribution in [1.82, 2.24) is 4.90 Å². The number of rotatable bonds is 9. The van der Waals surface area contributed by atoms with E-state index in [-0.39, 0.29) is 11.8 Å². The van der Waals surface area contributed by atoms with E-state index in [0.717, 1.165) is 90.4 Å². The van der Waals surface area contributed by atoms with E-state index in [1.165, 1.54) is 4.90 Å². The highest BCUT2D eigenvalue weighted by atomic mass is 16.2. The molecule has 0 saturated heterocycles. The summed E-state index contributed by atoms with van der Waals surface area (Å²) in [5.41, 5.74) is 14.1. The van der Waals surface area contributed by atoms with Crippen LogP contribution in [0.15, 0.2) is 182 Å². The van der Waals surface area contributed by atoms with Crippen molar-refractivity contribution in [3.8, 4) is 66.8 Å². The lowest BCUT2D eigenvalue weighted by Gasteiger charge is -2.31. The van der Waals surface area contributed by atoms with Crippen molar-refractivity contribution in [3.05, 3.63) is 193 Å². The van der Waals surface area contributed by atoms with Crippen LogP contribution < -0.4 is 0 Å². The van der Waals surface area contributed by atoms with Crippen LogP contribution in [0.1, 0.15) is 40.5 Å². The Bertz CT molecular complexity index is 2560. The van der Waals surface area contributed by atoms with Crippen LogP contribution in [0.2, 0.25) is 0 Å². The maximum absolute atomic E-state index is 14.1. The summed E-state index contributed by atoms with van der Waals surface area (Å²) >= 11 is 0. The highest BCUT2D eigenvalue weighted by Crippen LogP contribution is 2.56. The smallest absolute Gasteiger partial charge is 0.261 e. The molecule has 2 amide bonds.